The van der Waals surface area contributed by atoms with Crippen molar-refractivity contribution in [3.63, 3.8) is 0 Å². The van der Waals surface area contributed by atoms with Crippen molar-refractivity contribution >= 4 is 16.8 Å². The molecule has 0 aliphatic carbocycles. The molecule has 88 valence electrons. The van der Waals surface area contributed by atoms with E-state index in [9.17, 15) is 4.79 Å². The number of fused-ring (bicyclic) bond motifs is 1. The number of aromatic nitrogens is 2. The Morgan fingerprint density at radius 1 is 1.41 bits per heavy atom. The van der Waals surface area contributed by atoms with Crippen LogP contribution in [0.3, 0.4) is 0 Å². The van der Waals surface area contributed by atoms with E-state index >= 15 is 0 Å². The summed E-state index contributed by atoms with van der Waals surface area (Å²) in [6.45, 7) is 4.77. The Morgan fingerprint density at radius 2 is 2.24 bits per heavy atom. The first-order valence-corrected chi connectivity index (χ1v) is 5.65. The normalized spacial score (nSPS) is 10.8. The highest BCUT2D eigenvalue weighted by molar-refractivity contribution is 6.04. The van der Waals surface area contributed by atoms with Gasteiger partial charge in [-0.1, -0.05) is 13.8 Å². The molecule has 0 aromatic carbocycles. The molecule has 4 nitrogen and oxygen atoms in total. The van der Waals surface area contributed by atoms with Crippen LogP contribution in [0.1, 0.15) is 24.2 Å². The van der Waals surface area contributed by atoms with Crippen LogP contribution in [0, 0.1) is 5.92 Å². The van der Waals surface area contributed by atoms with Gasteiger partial charge in [-0.25, -0.2) is 0 Å². The Labute approximate surface area is 100 Å². The maximum Gasteiger partial charge on any atom is 0.255 e. The minimum atomic E-state index is -0.115. The molecule has 0 saturated heterocycles. The molecule has 0 unspecified atom stereocenters. The average molecular weight is 229 g/mol. The number of hydrogen-bond donors (Lipinski definition) is 1. The van der Waals surface area contributed by atoms with Gasteiger partial charge in [0.05, 0.1) is 11.1 Å². The van der Waals surface area contributed by atoms with Crippen LogP contribution in [0.5, 0.6) is 0 Å². The summed E-state index contributed by atoms with van der Waals surface area (Å²) >= 11 is 0. The largest absolute Gasteiger partial charge is 0.352 e. The monoisotopic (exact) mass is 229 g/mol. The topological polar surface area (TPSA) is 54.9 Å². The third-order valence-electron chi connectivity index (χ3n) is 2.43. The molecule has 2 heterocycles. The first kappa shape index (κ1) is 11.5. The van der Waals surface area contributed by atoms with E-state index in [0.29, 0.717) is 23.5 Å². The number of pyridine rings is 2. The van der Waals surface area contributed by atoms with Crippen molar-refractivity contribution in [3.8, 4) is 0 Å². The van der Waals surface area contributed by atoms with E-state index in [-0.39, 0.29) is 5.91 Å². The fourth-order valence-corrected chi connectivity index (χ4v) is 1.56. The predicted octanol–water partition coefficient (Wildman–Crippen LogP) is 2.02. The van der Waals surface area contributed by atoms with Gasteiger partial charge in [-0.3, -0.25) is 14.8 Å². The zero-order valence-electron chi connectivity index (χ0n) is 9.97. The molecule has 0 aliphatic rings. The van der Waals surface area contributed by atoms with E-state index in [4.69, 9.17) is 0 Å². The zero-order valence-corrected chi connectivity index (χ0v) is 9.97. The Bertz CT molecular complexity index is 532. The van der Waals surface area contributed by atoms with Crippen LogP contribution in [0.25, 0.3) is 10.9 Å². The summed E-state index contributed by atoms with van der Waals surface area (Å²) in [7, 11) is 0. The summed E-state index contributed by atoms with van der Waals surface area (Å²) in [6, 6.07) is 3.73. The highest BCUT2D eigenvalue weighted by Gasteiger charge is 2.11. The van der Waals surface area contributed by atoms with Crippen molar-refractivity contribution in [2.45, 2.75) is 13.8 Å². The smallest absolute Gasteiger partial charge is 0.255 e. The lowest BCUT2D eigenvalue weighted by atomic mass is 10.1. The first-order chi connectivity index (χ1) is 8.18. The van der Waals surface area contributed by atoms with Gasteiger partial charge in [0.25, 0.3) is 5.91 Å². The molecule has 0 fully saturated rings. The second-order valence-corrected chi connectivity index (χ2v) is 4.37. The Kier molecular flexibility index (Phi) is 3.32. The molecule has 0 spiro atoms. The lowest BCUT2D eigenvalue weighted by molar-refractivity contribution is 0.0950. The second kappa shape index (κ2) is 4.91. The zero-order chi connectivity index (χ0) is 12.3. The highest BCUT2D eigenvalue weighted by atomic mass is 16.1. The number of rotatable bonds is 3. The number of nitrogens with one attached hydrogen (secondary N) is 1. The molecule has 0 saturated carbocycles. The van der Waals surface area contributed by atoms with Crippen molar-refractivity contribution in [3.05, 3.63) is 36.3 Å². The quantitative estimate of drug-likeness (QED) is 0.876. The Balaban J connectivity index is 2.32. The van der Waals surface area contributed by atoms with E-state index in [0.717, 1.165) is 5.39 Å². The molecule has 1 amide bonds. The van der Waals surface area contributed by atoms with Gasteiger partial charge in [-0.2, -0.15) is 0 Å². The number of nitrogens with zero attached hydrogens (tertiary/aromatic N) is 2. The summed E-state index contributed by atoms with van der Waals surface area (Å²) in [5, 5.41) is 3.75. The van der Waals surface area contributed by atoms with Gasteiger partial charge in [0.2, 0.25) is 0 Å². The molecular weight excluding hydrogens is 214 g/mol. The van der Waals surface area contributed by atoms with Crippen LogP contribution in [0.4, 0.5) is 0 Å². The van der Waals surface area contributed by atoms with Gasteiger partial charge >= 0.3 is 0 Å². The molecular formula is C13H15N3O. The van der Waals surface area contributed by atoms with Crippen LogP contribution in [-0.2, 0) is 0 Å². The molecule has 0 bridgehead atoms. The first-order valence-electron chi connectivity index (χ1n) is 5.65. The van der Waals surface area contributed by atoms with Gasteiger partial charge in [-0.05, 0) is 18.1 Å². The number of hydrogen-bond acceptors (Lipinski definition) is 3. The maximum absolute atomic E-state index is 12.0. The van der Waals surface area contributed by atoms with Gasteiger partial charge < -0.3 is 5.32 Å². The van der Waals surface area contributed by atoms with Gasteiger partial charge in [0.15, 0.2) is 0 Å². The van der Waals surface area contributed by atoms with Gasteiger partial charge in [0, 0.05) is 30.5 Å². The molecule has 2 aromatic rings. The standard InChI is InChI=1S/C13H15N3O/c1-9(2)6-16-13(17)11-8-14-7-10-4-3-5-15-12(10)11/h3-5,7-9H,6H2,1-2H3,(H,16,17). The van der Waals surface area contributed by atoms with E-state index in [1.807, 2.05) is 12.1 Å². The van der Waals surface area contributed by atoms with Crippen molar-refractivity contribution in [2.24, 2.45) is 5.92 Å². The molecule has 4 heteroatoms. The number of amides is 1. The van der Waals surface area contributed by atoms with Crippen molar-refractivity contribution < 1.29 is 4.79 Å². The second-order valence-electron chi connectivity index (χ2n) is 4.37. The summed E-state index contributed by atoms with van der Waals surface area (Å²) in [4.78, 5) is 20.3. The van der Waals surface area contributed by atoms with E-state index in [1.165, 1.54) is 0 Å². The average Bonchev–Trinajstić information content (AvgIpc) is 2.35. The van der Waals surface area contributed by atoms with Gasteiger partial charge in [0.1, 0.15) is 0 Å². The molecule has 0 atom stereocenters. The molecule has 17 heavy (non-hydrogen) atoms. The highest BCUT2D eigenvalue weighted by Crippen LogP contribution is 2.13. The molecule has 2 aromatic heterocycles. The summed E-state index contributed by atoms with van der Waals surface area (Å²) in [5.74, 6) is 0.311. The summed E-state index contributed by atoms with van der Waals surface area (Å²) in [5.41, 5.74) is 1.23. The van der Waals surface area contributed by atoms with Crippen LogP contribution in [-0.4, -0.2) is 22.4 Å². The van der Waals surface area contributed by atoms with Crippen LogP contribution < -0.4 is 5.32 Å². The fraction of sp³-hybridized carbons (Fsp3) is 0.308. The third-order valence-corrected chi connectivity index (χ3v) is 2.43. The summed E-state index contributed by atoms with van der Waals surface area (Å²) in [6.07, 6.45) is 4.95. The maximum atomic E-state index is 12.0. The van der Waals surface area contributed by atoms with Crippen LogP contribution in [0.15, 0.2) is 30.7 Å². The van der Waals surface area contributed by atoms with E-state index < -0.39 is 0 Å². The lowest BCUT2D eigenvalue weighted by Crippen LogP contribution is -2.27. The molecule has 0 radical (unpaired) electrons. The van der Waals surface area contributed by atoms with E-state index in [1.54, 1.807) is 18.6 Å². The van der Waals surface area contributed by atoms with Crippen molar-refractivity contribution in [1.29, 1.82) is 0 Å². The molecule has 2 rings (SSSR count). The molecule has 0 aliphatic heterocycles. The Hall–Kier alpha value is -1.97. The van der Waals surface area contributed by atoms with Crippen molar-refractivity contribution in [1.82, 2.24) is 15.3 Å². The third kappa shape index (κ3) is 2.58. The summed E-state index contributed by atoms with van der Waals surface area (Å²) < 4.78 is 0. The SMILES string of the molecule is CC(C)CNC(=O)c1cncc2cccnc12. The van der Waals surface area contributed by atoms with Crippen LogP contribution in [0.2, 0.25) is 0 Å². The fourth-order valence-electron chi connectivity index (χ4n) is 1.56. The van der Waals surface area contributed by atoms with Gasteiger partial charge in [-0.15, -0.1) is 0 Å². The minimum absolute atomic E-state index is 0.115. The van der Waals surface area contributed by atoms with Crippen molar-refractivity contribution in [2.75, 3.05) is 6.54 Å². The lowest BCUT2D eigenvalue weighted by Gasteiger charge is -2.08. The number of carbonyl (C=O) groups excluding carboxylic acids is 1. The minimum Gasteiger partial charge on any atom is -0.352 e. The predicted molar refractivity (Wildman–Crippen MR) is 66.7 cm³/mol. The molecule has 1 N–H and O–H groups in total. The Morgan fingerprint density at radius 3 is 3.00 bits per heavy atom. The van der Waals surface area contributed by atoms with Crippen LogP contribution >= 0.6 is 0 Å². The van der Waals surface area contributed by atoms with E-state index in [2.05, 4.69) is 29.1 Å². The number of carbonyl (C=O) groups is 1.